The minimum atomic E-state index is 0.326. The van der Waals surface area contributed by atoms with E-state index in [1.807, 2.05) is 25.3 Å². The number of benzene rings is 1. The molecule has 1 aromatic heterocycles. The summed E-state index contributed by atoms with van der Waals surface area (Å²) in [6.45, 7) is 7.27. The second kappa shape index (κ2) is 8.28. The average Bonchev–Trinajstić information content (AvgIpc) is 3.05. The largest absolute Gasteiger partial charge is 0.497 e. The third kappa shape index (κ3) is 4.14. The molecule has 3 rings (SSSR count). The zero-order valence-electron chi connectivity index (χ0n) is 14.4. The van der Waals surface area contributed by atoms with Crippen LogP contribution in [0.3, 0.4) is 0 Å². The van der Waals surface area contributed by atoms with Crippen LogP contribution in [0.2, 0.25) is 0 Å². The highest BCUT2D eigenvalue weighted by Crippen LogP contribution is 2.23. The molecule has 1 aliphatic heterocycles. The van der Waals surface area contributed by atoms with Gasteiger partial charge in [-0.05, 0) is 24.6 Å². The van der Waals surface area contributed by atoms with Crippen molar-refractivity contribution in [3.63, 3.8) is 0 Å². The molecule has 0 bridgehead atoms. The fourth-order valence-corrected chi connectivity index (χ4v) is 3.07. The number of rotatable bonds is 7. The maximum Gasteiger partial charge on any atom is 0.118 e. The summed E-state index contributed by atoms with van der Waals surface area (Å²) in [7, 11) is 1.70. The van der Waals surface area contributed by atoms with Gasteiger partial charge in [0, 0.05) is 43.5 Å². The van der Waals surface area contributed by atoms with Crippen molar-refractivity contribution in [2.24, 2.45) is 0 Å². The molecule has 0 saturated carbocycles. The first-order valence-corrected chi connectivity index (χ1v) is 8.43. The molecule has 0 unspecified atom stereocenters. The van der Waals surface area contributed by atoms with Gasteiger partial charge in [0.2, 0.25) is 0 Å². The van der Waals surface area contributed by atoms with E-state index in [1.54, 1.807) is 7.11 Å². The Morgan fingerprint density at radius 1 is 1.29 bits per heavy atom. The van der Waals surface area contributed by atoms with Gasteiger partial charge in [-0.3, -0.25) is 10.00 Å². The average molecular weight is 330 g/mol. The number of methoxy groups -OCH3 is 1. The lowest BCUT2D eigenvalue weighted by molar-refractivity contribution is 0.0161. The minimum absolute atomic E-state index is 0.326. The third-order valence-corrected chi connectivity index (χ3v) is 4.57. The Kier molecular flexibility index (Phi) is 5.85. The summed E-state index contributed by atoms with van der Waals surface area (Å²) in [5, 5.41) is 10.6. The number of aromatic amines is 1. The zero-order chi connectivity index (χ0) is 16.8. The van der Waals surface area contributed by atoms with Crippen LogP contribution in [0.25, 0.3) is 0 Å². The molecular formula is C18H26N4O2. The molecule has 0 radical (unpaired) electrons. The lowest BCUT2D eigenvalue weighted by atomic mass is 10.0. The number of H-pyrrole nitrogens is 1. The molecule has 2 aromatic rings. The Labute approximate surface area is 143 Å². The van der Waals surface area contributed by atoms with Gasteiger partial charge in [-0.15, -0.1) is 0 Å². The molecule has 1 atom stereocenters. The summed E-state index contributed by atoms with van der Waals surface area (Å²) in [4.78, 5) is 2.49. The van der Waals surface area contributed by atoms with Crippen LogP contribution in [-0.4, -0.2) is 55.1 Å². The second-order valence-electron chi connectivity index (χ2n) is 6.09. The number of morpholine rings is 1. The van der Waals surface area contributed by atoms with Crippen molar-refractivity contribution in [1.29, 1.82) is 0 Å². The monoisotopic (exact) mass is 330 g/mol. The van der Waals surface area contributed by atoms with Crippen molar-refractivity contribution in [3.8, 4) is 5.75 Å². The van der Waals surface area contributed by atoms with E-state index in [4.69, 9.17) is 9.47 Å². The quantitative estimate of drug-likeness (QED) is 0.812. The predicted molar refractivity (Wildman–Crippen MR) is 93.2 cm³/mol. The zero-order valence-corrected chi connectivity index (χ0v) is 14.4. The van der Waals surface area contributed by atoms with E-state index in [0.717, 1.165) is 50.8 Å². The Morgan fingerprint density at radius 3 is 2.67 bits per heavy atom. The van der Waals surface area contributed by atoms with Crippen LogP contribution in [0, 0.1) is 6.92 Å². The summed E-state index contributed by atoms with van der Waals surface area (Å²) in [6.07, 6.45) is 1.89. The Hall–Kier alpha value is -1.89. The van der Waals surface area contributed by atoms with Gasteiger partial charge >= 0.3 is 0 Å². The lowest BCUT2D eigenvalue weighted by Gasteiger charge is -2.35. The van der Waals surface area contributed by atoms with E-state index in [-0.39, 0.29) is 0 Å². The number of nitrogens with zero attached hydrogens (tertiary/aromatic N) is 2. The van der Waals surface area contributed by atoms with Crippen molar-refractivity contribution in [2.45, 2.75) is 19.5 Å². The maximum atomic E-state index is 5.51. The number of aromatic nitrogens is 2. The second-order valence-corrected chi connectivity index (χ2v) is 6.09. The van der Waals surface area contributed by atoms with E-state index in [2.05, 4.69) is 32.5 Å². The first-order valence-electron chi connectivity index (χ1n) is 8.43. The SMILES string of the molecule is COc1ccc([C@H](CNCc2cn[nH]c2C)N2CCOCC2)cc1. The van der Waals surface area contributed by atoms with Gasteiger partial charge in [0.1, 0.15) is 5.75 Å². The Bertz CT molecular complexity index is 620. The van der Waals surface area contributed by atoms with Crippen molar-refractivity contribution >= 4 is 0 Å². The molecule has 6 heteroatoms. The summed E-state index contributed by atoms with van der Waals surface area (Å²) in [5.74, 6) is 0.890. The number of aryl methyl sites for hydroxylation is 1. The van der Waals surface area contributed by atoms with Gasteiger partial charge in [0.15, 0.2) is 0 Å². The van der Waals surface area contributed by atoms with Crippen molar-refractivity contribution in [3.05, 3.63) is 47.3 Å². The molecular weight excluding hydrogens is 304 g/mol. The molecule has 0 spiro atoms. The smallest absolute Gasteiger partial charge is 0.118 e. The van der Waals surface area contributed by atoms with Gasteiger partial charge < -0.3 is 14.8 Å². The van der Waals surface area contributed by atoms with Crippen LogP contribution in [0.1, 0.15) is 22.9 Å². The molecule has 1 aliphatic rings. The van der Waals surface area contributed by atoms with E-state index in [9.17, 15) is 0 Å². The summed E-state index contributed by atoms with van der Waals surface area (Å²) < 4.78 is 10.8. The van der Waals surface area contributed by atoms with E-state index in [0.29, 0.717) is 6.04 Å². The Balaban J connectivity index is 1.67. The molecule has 1 aromatic carbocycles. The number of hydrogen-bond acceptors (Lipinski definition) is 5. The highest BCUT2D eigenvalue weighted by atomic mass is 16.5. The first-order chi connectivity index (χ1) is 11.8. The van der Waals surface area contributed by atoms with Gasteiger partial charge in [-0.25, -0.2) is 0 Å². The van der Waals surface area contributed by atoms with Crippen LogP contribution < -0.4 is 10.1 Å². The fraction of sp³-hybridized carbons (Fsp3) is 0.500. The molecule has 0 amide bonds. The standard InChI is InChI=1S/C18H26N4O2/c1-14-16(12-20-21-14)11-19-13-18(22-7-9-24-10-8-22)15-3-5-17(23-2)6-4-15/h3-6,12,18-19H,7-11,13H2,1-2H3,(H,20,21)/t18-/m0/s1. The highest BCUT2D eigenvalue weighted by Gasteiger charge is 2.22. The van der Waals surface area contributed by atoms with Gasteiger partial charge in [-0.2, -0.15) is 5.10 Å². The van der Waals surface area contributed by atoms with E-state index >= 15 is 0 Å². The predicted octanol–water partition coefficient (Wildman–Crippen LogP) is 1.89. The molecule has 2 N–H and O–H groups in total. The van der Waals surface area contributed by atoms with Crippen LogP contribution in [-0.2, 0) is 11.3 Å². The molecule has 6 nitrogen and oxygen atoms in total. The van der Waals surface area contributed by atoms with E-state index in [1.165, 1.54) is 11.1 Å². The summed E-state index contributed by atoms with van der Waals surface area (Å²) in [5.41, 5.74) is 3.63. The van der Waals surface area contributed by atoms with Crippen LogP contribution >= 0.6 is 0 Å². The fourth-order valence-electron chi connectivity index (χ4n) is 3.07. The first kappa shape index (κ1) is 17.0. The Morgan fingerprint density at radius 2 is 2.04 bits per heavy atom. The molecule has 130 valence electrons. The summed E-state index contributed by atoms with van der Waals surface area (Å²) in [6, 6.07) is 8.70. The van der Waals surface area contributed by atoms with Gasteiger partial charge in [0.25, 0.3) is 0 Å². The molecule has 2 heterocycles. The number of hydrogen-bond donors (Lipinski definition) is 2. The van der Waals surface area contributed by atoms with Crippen molar-refractivity contribution in [1.82, 2.24) is 20.4 Å². The molecule has 24 heavy (non-hydrogen) atoms. The topological polar surface area (TPSA) is 62.4 Å². The molecule has 0 aliphatic carbocycles. The van der Waals surface area contributed by atoms with Crippen LogP contribution in [0.5, 0.6) is 5.75 Å². The number of nitrogens with one attached hydrogen (secondary N) is 2. The van der Waals surface area contributed by atoms with Gasteiger partial charge in [0.05, 0.1) is 26.5 Å². The normalized spacial score (nSPS) is 16.9. The lowest BCUT2D eigenvalue weighted by Crippen LogP contribution is -2.42. The molecule has 1 fully saturated rings. The van der Waals surface area contributed by atoms with Crippen LogP contribution in [0.15, 0.2) is 30.5 Å². The van der Waals surface area contributed by atoms with Gasteiger partial charge in [-0.1, -0.05) is 12.1 Å². The van der Waals surface area contributed by atoms with Crippen molar-refractivity contribution in [2.75, 3.05) is 40.0 Å². The summed E-state index contributed by atoms with van der Waals surface area (Å²) >= 11 is 0. The maximum absolute atomic E-state index is 5.51. The van der Waals surface area contributed by atoms with Crippen molar-refractivity contribution < 1.29 is 9.47 Å². The third-order valence-electron chi connectivity index (χ3n) is 4.57. The highest BCUT2D eigenvalue weighted by molar-refractivity contribution is 5.29. The number of ether oxygens (including phenoxy) is 2. The minimum Gasteiger partial charge on any atom is -0.497 e. The van der Waals surface area contributed by atoms with E-state index < -0.39 is 0 Å². The molecule has 1 saturated heterocycles. The van der Waals surface area contributed by atoms with Crippen LogP contribution in [0.4, 0.5) is 0 Å².